The van der Waals surface area contributed by atoms with Crippen LogP contribution in [0.5, 0.6) is 5.75 Å². The Kier molecular flexibility index (Phi) is 6.86. The number of hydrogen-bond acceptors (Lipinski definition) is 3. The predicted molar refractivity (Wildman–Crippen MR) is 119 cm³/mol. The summed E-state index contributed by atoms with van der Waals surface area (Å²) in [7, 11) is -3.82. The molecule has 160 valence electrons. The van der Waals surface area contributed by atoms with Crippen LogP contribution in [0.1, 0.15) is 83.9 Å². The van der Waals surface area contributed by atoms with Crippen LogP contribution in [0.2, 0.25) is 0 Å². The molecular formula is C23H34N2O3S. The fourth-order valence-electron chi connectivity index (χ4n) is 3.60. The van der Waals surface area contributed by atoms with Gasteiger partial charge in [-0.3, -0.25) is 0 Å². The summed E-state index contributed by atoms with van der Waals surface area (Å²) in [5.74, 6) is 0.238. The lowest BCUT2D eigenvalue weighted by Gasteiger charge is -2.28. The van der Waals surface area contributed by atoms with Gasteiger partial charge in [0, 0.05) is 24.2 Å². The summed E-state index contributed by atoms with van der Waals surface area (Å²) in [6.07, 6.45) is 5.14. The van der Waals surface area contributed by atoms with E-state index in [0.29, 0.717) is 18.7 Å². The first-order chi connectivity index (χ1) is 13.3. The molecule has 0 spiro atoms. The molecule has 0 aromatic heterocycles. The molecule has 1 fully saturated rings. The highest BCUT2D eigenvalue weighted by molar-refractivity contribution is 7.93. The normalized spacial score (nSPS) is 17.6. The van der Waals surface area contributed by atoms with Crippen molar-refractivity contribution in [2.45, 2.75) is 78.1 Å². The van der Waals surface area contributed by atoms with Gasteiger partial charge in [0.1, 0.15) is 5.75 Å². The van der Waals surface area contributed by atoms with E-state index < -0.39 is 10.0 Å². The average Bonchev–Trinajstić information content (AvgIpc) is 2.88. The zero-order valence-corrected chi connectivity index (χ0v) is 19.4. The van der Waals surface area contributed by atoms with E-state index in [1.165, 1.54) is 10.4 Å². The fraction of sp³-hybridized carbons (Fsp3) is 0.609. The fourth-order valence-corrected chi connectivity index (χ4v) is 5.01. The van der Waals surface area contributed by atoms with Gasteiger partial charge in [-0.1, -0.05) is 54.4 Å². The van der Waals surface area contributed by atoms with Crippen LogP contribution < -0.4 is 0 Å². The molecule has 1 aromatic carbocycles. The number of phenolic OH excluding ortho intramolecular Hbond substituents is 1. The van der Waals surface area contributed by atoms with Crippen molar-refractivity contribution >= 4 is 16.1 Å². The molecule has 1 saturated heterocycles. The van der Waals surface area contributed by atoms with Crippen LogP contribution in [0.15, 0.2) is 17.2 Å². The van der Waals surface area contributed by atoms with Crippen LogP contribution in [0, 0.1) is 6.57 Å². The molecular weight excluding hydrogens is 384 g/mol. The van der Waals surface area contributed by atoms with Gasteiger partial charge in [0.25, 0.3) is 5.03 Å². The third-order valence-corrected chi connectivity index (χ3v) is 7.10. The monoisotopic (exact) mass is 418 g/mol. The molecule has 1 aliphatic heterocycles. The van der Waals surface area contributed by atoms with Crippen LogP contribution in [-0.2, 0) is 20.9 Å². The van der Waals surface area contributed by atoms with Crippen molar-refractivity contribution in [1.29, 1.82) is 0 Å². The molecule has 1 heterocycles. The van der Waals surface area contributed by atoms with E-state index in [2.05, 4.69) is 4.85 Å². The molecule has 0 radical (unpaired) electrons. The maximum absolute atomic E-state index is 13.1. The molecule has 29 heavy (non-hydrogen) atoms. The minimum absolute atomic E-state index is 0.238. The van der Waals surface area contributed by atoms with Crippen molar-refractivity contribution in [3.63, 3.8) is 0 Å². The molecule has 2 rings (SSSR count). The van der Waals surface area contributed by atoms with Gasteiger partial charge in [0.2, 0.25) is 10.0 Å². The molecule has 1 aliphatic rings. The summed E-state index contributed by atoms with van der Waals surface area (Å²) >= 11 is 0. The van der Waals surface area contributed by atoms with Gasteiger partial charge in [-0.05, 0) is 47.4 Å². The Morgan fingerprint density at radius 1 is 1.00 bits per heavy atom. The van der Waals surface area contributed by atoms with Crippen LogP contribution in [-0.4, -0.2) is 30.9 Å². The van der Waals surface area contributed by atoms with E-state index in [1.807, 2.05) is 41.5 Å². The first-order valence-electron chi connectivity index (χ1n) is 10.3. The van der Waals surface area contributed by atoms with E-state index in [-0.39, 0.29) is 21.6 Å². The first kappa shape index (κ1) is 23.4. The number of nitrogens with zero attached hydrogens (tertiary/aromatic N) is 2. The quantitative estimate of drug-likeness (QED) is 0.668. The Hall–Kier alpha value is -1.84. The highest BCUT2D eigenvalue weighted by atomic mass is 32.2. The number of sulfonamides is 1. The van der Waals surface area contributed by atoms with Crippen molar-refractivity contribution in [3.8, 4) is 5.75 Å². The molecule has 0 bridgehead atoms. The average molecular weight is 419 g/mol. The molecule has 0 atom stereocenters. The Morgan fingerprint density at radius 3 is 1.83 bits per heavy atom. The highest BCUT2D eigenvalue weighted by Crippen LogP contribution is 2.40. The summed E-state index contributed by atoms with van der Waals surface area (Å²) in [4.78, 5) is 3.39. The summed E-state index contributed by atoms with van der Waals surface area (Å²) in [6, 6.07) is 3.60. The minimum atomic E-state index is -3.82. The molecule has 5 nitrogen and oxygen atoms in total. The number of benzene rings is 1. The molecule has 0 unspecified atom stereocenters. The van der Waals surface area contributed by atoms with Crippen molar-refractivity contribution in [2.75, 3.05) is 13.1 Å². The summed E-state index contributed by atoms with van der Waals surface area (Å²) in [5, 5.41) is 10.6. The topological polar surface area (TPSA) is 62.0 Å². The molecule has 0 saturated carbocycles. The first-order valence-corrected chi connectivity index (χ1v) is 11.7. The van der Waals surface area contributed by atoms with Crippen LogP contribution in [0.3, 0.4) is 0 Å². The van der Waals surface area contributed by atoms with Gasteiger partial charge in [-0.15, -0.1) is 0 Å². The number of aromatic hydroxyl groups is 1. The summed E-state index contributed by atoms with van der Waals surface area (Å²) in [6.45, 7) is 20.5. The zero-order chi connectivity index (χ0) is 22.0. The van der Waals surface area contributed by atoms with Gasteiger partial charge in [0.05, 0.1) is 6.57 Å². The largest absolute Gasteiger partial charge is 0.507 e. The van der Waals surface area contributed by atoms with E-state index in [0.717, 1.165) is 36.8 Å². The second kappa shape index (κ2) is 8.49. The Labute approximate surface area is 176 Å². The van der Waals surface area contributed by atoms with Crippen molar-refractivity contribution < 1.29 is 13.5 Å². The maximum Gasteiger partial charge on any atom is 0.293 e. The van der Waals surface area contributed by atoms with Crippen molar-refractivity contribution in [2.24, 2.45) is 0 Å². The third kappa shape index (κ3) is 5.40. The molecule has 1 N–H and O–H groups in total. The standard InChI is InChI=1S/C23H34N2O3S/c1-22(2,3)18-14-17(15-19(21(18)26)23(4,5)6)16-20(24-7)29(27,28)25-12-10-8-9-11-13-25/h14-16,26H,8-13H2,1-6H3/b20-16+. The number of rotatable bonds is 3. The number of phenols is 1. The Morgan fingerprint density at radius 2 is 1.45 bits per heavy atom. The van der Waals surface area contributed by atoms with E-state index in [9.17, 15) is 13.5 Å². The molecule has 6 heteroatoms. The molecule has 1 aromatic rings. The highest BCUT2D eigenvalue weighted by Gasteiger charge is 2.30. The van der Waals surface area contributed by atoms with Crippen LogP contribution in [0.4, 0.5) is 0 Å². The van der Waals surface area contributed by atoms with E-state index in [4.69, 9.17) is 6.57 Å². The van der Waals surface area contributed by atoms with Gasteiger partial charge >= 0.3 is 0 Å². The lowest BCUT2D eigenvalue weighted by molar-refractivity contribution is 0.423. The third-order valence-electron chi connectivity index (χ3n) is 5.32. The van der Waals surface area contributed by atoms with Crippen molar-refractivity contribution in [3.05, 3.63) is 45.3 Å². The summed E-state index contributed by atoms with van der Waals surface area (Å²) < 4.78 is 27.6. The maximum atomic E-state index is 13.1. The summed E-state index contributed by atoms with van der Waals surface area (Å²) in [5.41, 5.74) is 1.47. The minimum Gasteiger partial charge on any atom is -0.507 e. The number of hydrogen-bond donors (Lipinski definition) is 1. The molecule has 0 amide bonds. The molecule has 0 aliphatic carbocycles. The Balaban J connectivity index is 2.62. The van der Waals surface area contributed by atoms with Gasteiger partial charge in [0.15, 0.2) is 0 Å². The lowest BCUT2D eigenvalue weighted by Crippen LogP contribution is -2.32. The Bertz CT molecular complexity index is 883. The zero-order valence-electron chi connectivity index (χ0n) is 18.5. The van der Waals surface area contributed by atoms with Gasteiger partial charge in [-0.2, -0.15) is 0 Å². The second-order valence-corrected chi connectivity index (χ2v) is 11.8. The van der Waals surface area contributed by atoms with E-state index in [1.54, 1.807) is 12.1 Å². The van der Waals surface area contributed by atoms with Gasteiger partial charge < -0.3 is 5.11 Å². The van der Waals surface area contributed by atoms with Crippen LogP contribution >= 0.6 is 0 Å². The lowest BCUT2D eigenvalue weighted by atomic mass is 9.78. The van der Waals surface area contributed by atoms with Crippen LogP contribution in [0.25, 0.3) is 10.9 Å². The van der Waals surface area contributed by atoms with Gasteiger partial charge in [-0.25, -0.2) is 17.6 Å². The SMILES string of the molecule is [C-]#[N+]/C(=C\c1cc(C(C)(C)C)c(O)c(C(C)(C)C)c1)S(=O)(=O)N1CCCCCC1. The predicted octanol–water partition coefficient (Wildman–Crippen LogP) is 5.41. The second-order valence-electron chi connectivity index (χ2n) is 9.88. The smallest absolute Gasteiger partial charge is 0.293 e. The van der Waals surface area contributed by atoms with E-state index >= 15 is 0 Å². The van der Waals surface area contributed by atoms with Crippen molar-refractivity contribution in [1.82, 2.24) is 4.31 Å².